The van der Waals surface area contributed by atoms with E-state index in [0.29, 0.717) is 31.2 Å². The van der Waals surface area contributed by atoms with Crippen LogP contribution >= 0.6 is 11.3 Å². The summed E-state index contributed by atoms with van der Waals surface area (Å²) in [5.41, 5.74) is 0.486. The maximum Gasteiger partial charge on any atom is 0.306 e. The third-order valence-corrected chi connectivity index (χ3v) is 13.3. The zero-order chi connectivity index (χ0) is 46.0. The number of aromatic nitrogens is 1. The molecule has 2 heterocycles. The number of thiazole rings is 1. The quantitative estimate of drug-likeness (QED) is 0.0811. The van der Waals surface area contributed by atoms with Crippen LogP contribution in [0.25, 0.3) is 0 Å². The van der Waals surface area contributed by atoms with Crippen LogP contribution in [0.2, 0.25) is 0 Å². The molecule has 0 radical (unpaired) electrons. The highest BCUT2D eigenvalue weighted by molar-refractivity contribution is 7.09. The molecule has 0 bridgehead atoms. The average Bonchev–Trinajstić information content (AvgIpc) is 3.87. The monoisotopic (exact) mass is 885 g/mol. The maximum absolute atomic E-state index is 14.6. The Morgan fingerprint density at radius 3 is 2.26 bits per heavy atom. The fourth-order valence-electron chi connectivity index (χ4n) is 7.94. The van der Waals surface area contributed by atoms with Gasteiger partial charge in [-0.25, -0.2) is 4.98 Å². The highest BCUT2D eigenvalue weighted by atomic mass is 32.1. The van der Waals surface area contributed by atoms with E-state index in [9.17, 15) is 33.9 Å². The number of hydrogen-bond acceptors (Lipinski definition) is 11. The number of likely N-dealkylation sites (tertiary alicyclic amines) is 1. The average molecular weight is 885 g/mol. The first kappa shape index (κ1) is 52.1. The number of ether oxygens (including phenoxy) is 2. The molecule has 4 amide bonds. The summed E-state index contributed by atoms with van der Waals surface area (Å²) in [6, 6.07) is 8.00. The van der Waals surface area contributed by atoms with Crippen LogP contribution in [0.15, 0.2) is 35.7 Å². The number of hydrogen-bond donors (Lipinski definition) is 4. The van der Waals surface area contributed by atoms with Crippen molar-refractivity contribution in [1.82, 2.24) is 30.7 Å². The zero-order valence-corrected chi connectivity index (χ0v) is 39.2. The van der Waals surface area contributed by atoms with Crippen molar-refractivity contribution in [3.63, 3.8) is 0 Å². The molecule has 1 aliphatic rings. The predicted octanol–water partition coefficient (Wildman–Crippen LogP) is 5.29. The second kappa shape index (κ2) is 25.8. The largest absolute Gasteiger partial charge is 0.481 e. The topological polar surface area (TPSA) is 197 Å². The lowest BCUT2D eigenvalue weighted by molar-refractivity contribution is -0.143. The first-order chi connectivity index (χ1) is 29.4. The van der Waals surface area contributed by atoms with Gasteiger partial charge in [-0.15, -0.1) is 11.3 Å². The number of Topliss-reactive ketones (excluding diaryl/α,β-unsaturated/α-hetero) is 1. The third kappa shape index (κ3) is 16.1. The number of nitrogens with zero attached hydrogens (tertiary/aromatic N) is 3. The number of carbonyl (C=O) groups is 6. The van der Waals surface area contributed by atoms with Crippen LogP contribution in [0.1, 0.15) is 121 Å². The van der Waals surface area contributed by atoms with Crippen molar-refractivity contribution < 1.29 is 43.3 Å². The van der Waals surface area contributed by atoms with Crippen molar-refractivity contribution >= 4 is 46.7 Å². The number of carboxylic acid groups (broad SMARTS) is 1. The van der Waals surface area contributed by atoms with Crippen LogP contribution in [0, 0.1) is 23.7 Å². The Bertz CT molecular complexity index is 1760. The minimum atomic E-state index is -0.954. The number of ketones is 1. The van der Waals surface area contributed by atoms with Gasteiger partial charge in [0, 0.05) is 56.7 Å². The normalized spacial score (nSPS) is 18.3. The molecule has 1 fully saturated rings. The molecule has 4 N–H and O–H groups in total. The highest BCUT2D eigenvalue weighted by Crippen LogP contribution is 2.34. The summed E-state index contributed by atoms with van der Waals surface area (Å²) in [5, 5.41) is 20.5. The van der Waals surface area contributed by atoms with E-state index in [-0.39, 0.29) is 86.0 Å². The van der Waals surface area contributed by atoms with Crippen LogP contribution in [-0.2, 0) is 39.9 Å². The number of benzene rings is 1. The van der Waals surface area contributed by atoms with Gasteiger partial charge < -0.3 is 35.4 Å². The molecule has 62 heavy (non-hydrogen) atoms. The molecular formula is C46H72N6O9S. The lowest BCUT2D eigenvalue weighted by atomic mass is 9.80. The molecule has 1 aromatic heterocycles. The molecule has 15 nitrogen and oxygen atoms in total. The van der Waals surface area contributed by atoms with E-state index in [1.807, 2.05) is 72.0 Å². The van der Waals surface area contributed by atoms with E-state index in [1.165, 1.54) is 18.3 Å². The summed E-state index contributed by atoms with van der Waals surface area (Å²) >= 11 is 1.22. The number of likely N-dealkylation sites (N-methyl/N-ethyl adjacent to an activating group) is 1. The number of carbonyl (C=O) groups excluding carboxylic acids is 5. The van der Waals surface area contributed by atoms with Gasteiger partial charge in [0.2, 0.25) is 17.7 Å². The minimum Gasteiger partial charge on any atom is -0.481 e. The second-order valence-electron chi connectivity index (χ2n) is 17.4. The summed E-state index contributed by atoms with van der Waals surface area (Å²) in [4.78, 5) is 87.1. The lowest BCUT2D eigenvalue weighted by Crippen LogP contribution is -2.50. The first-order valence-electron chi connectivity index (χ1n) is 22.1. The lowest BCUT2D eigenvalue weighted by Gasteiger charge is -2.38. The molecule has 1 aliphatic heterocycles. The second-order valence-corrected chi connectivity index (χ2v) is 18.3. The number of carboxylic acids is 1. The Balaban J connectivity index is 1.84. The first-order valence-corrected chi connectivity index (χ1v) is 23.0. The molecule has 0 unspecified atom stereocenters. The van der Waals surface area contributed by atoms with Crippen LogP contribution in [0.3, 0.4) is 0 Å². The number of rotatable bonds is 28. The number of aliphatic carboxylic acids is 1. The molecule has 1 saturated heterocycles. The van der Waals surface area contributed by atoms with Gasteiger partial charge in [0.1, 0.15) is 10.7 Å². The van der Waals surface area contributed by atoms with Crippen molar-refractivity contribution in [1.29, 1.82) is 0 Å². The van der Waals surface area contributed by atoms with E-state index < -0.39 is 41.3 Å². The summed E-state index contributed by atoms with van der Waals surface area (Å²) in [6.45, 7) is 15.4. The summed E-state index contributed by atoms with van der Waals surface area (Å²) in [6.07, 6.45) is 3.54. The molecule has 1 aromatic carbocycles. The van der Waals surface area contributed by atoms with E-state index in [0.717, 1.165) is 31.4 Å². The molecule has 3 rings (SSSR count). The molecule has 0 spiro atoms. The van der Waals surface area contributed by atoms with Gasteiger partial charge in [-0.1, -0.05) is 71.4 Å². The van der Waals surface area contributed by atoms with Gasteiger partial charge >= 0.3 is 5.97 Å². The predicted molar refractivity (Wildman–Crippen MR) is 240 cm³/mol. The Kier molecular flexibility index (Phi) is 21.6. The van der Waals surface area contributed by atoms with Crippen molar-refractivity contribution in [2.45, 2.75) is 123 Å². The Hall–Kier alpha value is -4.25. The van der Waals surface area contributed by atoms with Gasteiger partial charge in [0.05, 0.1) is 43.9 Å². The summed E-state index contributed by atoms with van der Waals surface area (Å²) < 4.78 is 11.1. The Labute approximate surface area is 372 Å². The van der Waals surface area contributed by atoms with E-state index in [4.69, 9.17) is 14.5 Å². The van der Waals surface area contributed by atoms with E-state index in [1.54, 1.807) is 24.3 Å². The van der Waals surface area contributed by atoms with E-state index >= 15 is 0 Å². The SMILES string of the molecule is CC[C@H](C)[C@H](CC(=O)[C@@]1(C)CCCN1C)C(=O)N(C)[C@H](C[C@@H](NC(=O)CCOCCOCCNC(C)=O)c1nc(C(=O)N[C@@H](Cc2ccccc2)C[C@H](C)C(=O)O)cs1)C(C)C. The summed E-state index contributed by atoms with van der Waals surface area (Å²) in [7, 11) is 3.74. The highest BCUT2D eigenvalue weighted by Gasteiger charge is 2.44. The molecule has 346 valence electrons. The van der Waals surface area contributed by atoms with Gasteiger partial charge in [0.15, 0.2) is 5.78 Å². The van der Waals surface area contributed by atoms with Gasteiger partial charge in [-0.3, -0.25) is 33.7 Å². The third-order valence-electron chi connectivity index (χ3n) is 12.3. The van der Waals surface area contributed by atoms with Gasteiger partial charge in [-0.05, 0) is 70.0 Å². The smallest absolute Gasteiger partial charge is 0.306 e. The number of nitrogens with one attached hydrogen (secondary N) is 3. The van der Waals surface area contributed by atoms with Crippen molar-refractivity contribution in [2.24, 2.45) is 23.7 Å². The molecule has 7 atom stereocenters. The molecular weight excluding hydrogens is 813 g/mol. The molecule has 0 saturated carbocycles. The minimum absolute atomic E-state index is 0.0383. The van der Waals surface area contributed by atoms with Crippen molar-refractivity contribution in [2.75, 3.05) is 53.6 Å². The van der Waals surface area contributed by atoms with Gasteiger partial charge in [-0.2, -0.15) is 0 Å². The standard InChI is InChI=1S/C46H72N6O9S/c1-10-31(4)36(27-40(54)46(7)18-14-20-51(46)8)44(57)52(9)39(30(2)3)28-37(49-41(55)17-21-60-23-24-61-22-19-47-33(6)53)43-50-38(29-62-43)42(56)48-35(25-32(5)45(58)59)26-34-15-12-11-13-16-34/h11-13,15-16,29-32,35-37,39H,10,14,17-28H2,1-9H3,(H,47,53)(H,48,56)(H,49,55)(H,58,59)/t31-,32-,35+,36-,37+,39+,46+/m0/s1. The van der Waals surface area contributed by atoms with Crippen LogP contribution in [-0.4, -0.2) is 127 Å². The van der Waals surface area contributed by atoms with Crippen LogP contribution in [0.4, 0.5) is 0 Å². The molecule has 16 heteroatoms. The summed E-state index contributed by atoms with van der Waals surface area (Å²) in [5.74, 6) is -3.21. The Morgan fingerprint density at radius 1 is 0.984 bits per heavy atom. The fraction of sp³-hybridized carbons (Fsp3) is 0.674. The molecule has 0 aliphatic carbocycles. The van der Waals surface area contributed by atoms with Crippen LogP contribution in [0.5, 0.6) is 0 Å². The van der Waals surface area contributed by atoms with E-state index in [2.05, 4.69) is 20.9 Å². The molecule has 2 aromatic rings. The van der Waals surface area contributed by atoms with Gasteiger partial charge in [0.25, 0.3) is 5.91 Å². The zero-order valence-electron chi connectivity index (χ0n) is 38.4. The van der Waals surface area contributed by atoms with Crippen LogP contribution < -0.4 is 16.0 Å². The van der Waals surface area contributed by atoms with Crippen molar-refractivity contribution in [3.05, 3.63) is 52.0 Å². The fourth-order valence-corrected chi connectivity index (χ4v) is 8.80. The maximum atomic E-state index is 14.6. The van der Waals surface area contributed by atoms with Crippen molar-refractivity contribution in [3.8, 4) is 0 Å². The number of amides is 4. The Morgan fingerprint density at radius 2 is 1.66 bits per heavy atom.